The monoisotopic (exact) mass is 313 g/mol. The van der Waals surface area contributed by atoms with Crippen LogP contribution in [0.3, 0.4) is 0 Å². The fourth-order valence-electron chi connectivity index (χ4n) is 2.46. The minimum atomic E-state index is 0.0460. The Balaban J connectivity index is 2.16. The first kappa shape index (κ1) is 14.1. The van der Waals surface area contributed by atoms with Crippen LogP contribution < -0.4 is 0 Å². The zero-order chi connectivity index (χ0) is 14.7. The van der Waals surface area contributed by atoms with E-state index in [0.29, 0.717) is 0 Å². The molecular weight excluding hydrogens is 301 g/mol. The van der Waals surface area contributed by atoms with Gasteiger partial charge in [-0.25, -0.2) is 0 Å². The average Bonchev–Trinajstić information content (AvgIpc) is 2.52. The van der Waals surface area contributed by atoms with E-state index in [1.165, 1.54) is 0 Å². The van der Waals surface area contributed by atoms with E-state index in [9.17, 15) is 0 Å². The zero-order valence-corrected chi connectivity index (χ0v) is 12.7. The van der Waals surface area contributed by atoms with Gasteiger partial charge in [0.05, 0.1) is 0 Å². The van der Waals surface area contributed by atoms with Crippen LogP contribution in [0.2, 0.25) is 10.0 Å². The van der Waals surface area contributed by atoms with E-state index >= 15 is 0 Å². The maximum absolute atomic E-state index is 6.40. The van der Waals surface area contributed by atoms with Crippen molar-refractivity contribution < 1.29 is 0 Å². The first-order valence-corrected chi connectivity index (χ1v) is 7.41. The van der Waals surface area contributed by atoms with E-state index in [4.69, 9.17) is 23.2 Å². The van der Waals surface area contributed by atoms with Gasteiger partial charge in [0.2, 0.25) is 0 Å². The quantitative estimate of drug-likeness (QED) is 0.616. The number of hydrogen-bond donors (Lipinski definition) is 0. The van der Waals surface area contributed by atoms with Gasteiger partial charge in [-0.1, -0.05) is 59.6 Å². The minimum absolute atomic E-state index is 0.0460. The first-order valence-electron chi connectivity index (χ1n) is 6.65. The second-order valence-electron chi connectivity index (χ2n) is 4.79. The predicted molar refractivity (Wildman–Crippen MR) is 88.1 cm³/mol. The summed E-state index contributed by atoms with van der Waals surface area (Å²) in [5.41, 5.74) is 3.31. The van der Waals surface area contributed by atoms with Crippen molar-refractivity contribution in [3.8, 4) is 0 Å². The molecule has 0 aliphatic heterocycles. The lowest BCUT2D eigenvalue weighted by molar-refractivity contribution is 0.964. The van der Waals surface area contributed by atoms with Gasteiger partial charge in [-0.05, 0) is 41.0 Å². The number of benzene rings is 2. The molecule has 1 nitrogen and oxygen atoms in total. The molecular formula is C18H13Cl2N. The highest BCUT2D eigenvalue weighted by atomic mass is 35.5. The third-order valence-electron chi connectivity index (χ3n) is 3.44. The summed E-state index contributed by atoms with van der Waals surface area (Å²) in [4.78, 5) is 4.23. The van der Waals surface area contributed by atoms with Gasteiger partial charge in [-0.2, -0.15) is 0 Å². The van der Waals surface area contributed by atoms with Crippen LogP contribution in [-0.2, 0) is 0 Å². The number of rotatable bonds is 3. The largest absolute Gasteiger partial charge is 0.264 e. The van der Waals surface area contributed by atoms with Crippen molar-refractivity contribution in [2.24, 2.45) is 0 Å². The molecule has 0 bridgehead atoms. The lowest BCUT2D eigenvalue weighted by atomic mass is 9.86. The third-order valence-corrected chi connectivity index (χ3v) is 4.03. The molecule has 3 rings (SSSR count). The lowest BCUT2D eigenvalue weighted by Crippen LogP contribution is -2.04. The van der Waals surface area contributed by atoms with Crippen LogP contribution in [0.15, 0.2) is 73.1 Å². The van der Waals surface area contributed by atoms with Gasteiger partial charge in [0.15, 0.2) is 0 Å². The lowest BCUT2D eigenvalue weighted by Gasteiger charge is -2.19. The Kier molecular flexibility index (Phi) is 4.23. The standard InChI is InChI=1S/C18H13Cl2N/c19-15-9-7-13(8-10-15)18(14-4-3-11-21-12-14)16-5-1-2-6-17(16)20/h1-12,18H/t18-/m1/s1. The number of aromatic nitrogens is 1. The van der Waals surface area contributed by atoms with Crippen LogP contribution in [-0.4, -0.2) is 4.98 Å². The molecule has 0 aliphatic rings. The number of pyridine rings is 1. The van der Waals surface area contributed by atoms with Crippen molar-refractivity contribution in [2.45, 2.75) is 5.92 Å². The van der Waals surface area contributed by atoms with Gasteiger partial charge in [0, 0.05) is 28.4 Å². The van der Waals surface area contributed by atoms with E-state index in [1.54, 1.807) is 6.20 Å². The van der Waals surface area contributed by atoms with Crippen LogP contribution >= 0.6 is 23.2 Å². The summed E-state index contributed by atoms with van der Waals surface area (Å²) >= 11 is 12.4. The van der Waals surface area contributed by atoms with E-state index in [1.807, 2.05) is 54.7 Å². The molecule has 2 aromatic carbocycles. The van der Waals surface area contributed by atoms with E-state index in [2.05, 4.69) is 17.1 Å². The molecule has 3 heteroatoms. The summed E-state index contributed by atoms with van der Waals surface area (Å²) in [6, 6.07) is 19.8. The average molecular weight is 314 g/mol. The van der Waals surface area contributed by atoms with Crippen molar-refractivity contribution in [3.05, 3.63) is 99.8 Å². The highest BCUT2D eigenvalue weighted by molar-refractivity contribution is 6.31. The summed E-state index contributed by atoms with van der Waals surface area (Å²) in [6.07, 6.45) is 3.65. The Bertz CT molecular complexity index is 724. The topological polar surface area (TPSA) is 12.9 Å². The molecule has 0 amide bonds. The zero-order valence-electron chi connectivity index (χ0n) is 11.2. The molecule has 1 atom stereocenters. The fraction of sp³-hybridized carbons (Fsp3) is 0.0556. The predicted octanol–water partition coefficient (Wildman–Crippen LogP) is 5.57. The normalized spacial score (nSPS) is 12.1. The smallest absolute Gasteiger partial charge is 0.0447 e. The van der Waals surface area contributed by atoms with Crippen LogP contribution in [0.25, 0.3) is 0 Å². The van der Waals surface area contributed by atoms with Gasteiger partial charge in [0.25, 0.3) is 0 Å². The molecule has 0 radical (unpaired) electrons. The van der Waals surface area contributed by atoms with Gasteiger partial charge in [-0.3, -0.25) is 4.98 Å². The molecule has 0 aliphatic carbocycles. The number of hydrogen-bond acceptors (Lipinski definition) is 1. The van der Waals surface area contributed by atoms with Gasteiger partial charge < -0.3 is 0 Å². The number of nitrogens with zero attached hydrogens (tertiary/aromatic N) is 1. The Hall–Kier alpha value is -1.83. The Morgan fingerprint density at radius 1 is 0.762 bits per heavy atom. The Labute approximate surface area is 134 Å². The van der Waals surface area contributed by atoms with Gasteiger partial charge in [-0.15, -0.1) is 0 Å². The van der Waals surface area contributed by atoms with E-state index in [0.717, 1.165) is 26.7 Å². The Morgan fingerprint density at radius 2 is 1.52 bits per heavy atom. The van der Waals surface area contributed by atoms with Crippen molar-refractivity contribution in [3.63, 3.8) is 0 Å². The highest BCUT2D eigenvalue weighted by Crippen LogP contribution is 2.35. The first-order chi connectivity index (χ1) is 10.3. The molecule has 0 saturated carbocycles. The summed E-state index contributed by atoms with van der Waals surface area (Å²) in [5.74, 6) is 0.0460. The molecule has 21 heavy (non-hydrogen) atoms. The van der Waals surface area contributed by atoms with Gasteiger partial charge >= 0.3 is 0 Å². The summed E-state index contributed by atoms with van der Waals surface area (Å²) in [6.45, 7) is 0. The summed E-state index contributed by atoms with van der Waals surface area (Å²) < 4.78 is 0. The second-order valence-corrected chi connectivity index (χ2v) is 5.64. The molecule has 1 aromatic heterocycles. The molecule has 0 fully saturated rings. The van der Waals surface area contributed by atoms with E-state index in [-0.39, 0.29) is 5.92 Å². The van der Waals surface area contributed by atoms with Crippen molar-refractivity contribution in [2.75, 3.05) is 0 Å². The molecule has 0 unspecified atom stereocenters. The summed E-state index contributed by atoms with van der Waals surface area (Å²) in [5, 5.41) is 1.48. The van der Waals surface area contributed by atoms with Crippen molar-refractivity contribution in [1.82, 2.24) is 4.98 Å². The van der Waals surface area contributed by atoms with Crippen LogP contribution in [0, 0.1) is 0 Å². The molecule has 1 heterocycles. The van der Waals surface area contributed by atoms with Crippen molar-refractivity contribution >= 4 is 23.2 Å². The van der Waals surface area contributed by atoms with Crippen LogP contribution in [0.1, 0.15) is 22.6 Å². The van der Waals surface area contributed by atoms with Gasteiger partial charge in [0.1, 0.15) is 0 Å². The third kappa shape index (κ3) is 3.10. The minimum Gasteiger partial charge on any atom is -0.264 e. The molecule has 0 N–H and O–H groups in total. The maximum Gasteiger partial charge on any atom is 0.0447 e. The summed E-state index contributed by atoms with van der Waals surface area (Å²) in [7, 11) is 0. The van der Waals surface area contributed by atoms with Crippen molar-refractivity contribution in [1.29, 1.82) is 0 Å². The second kappa shape index (κ2) is 6.30. The van der Waals surface area contributed by atoms with Crippen LogP contribution in [0.5, 0.6) is 0 Å². The Morgan fingerprint density at radius 3 is 2.19 bits per heavy atom. The SMILES string of the molecule is Clc1ccc([C@H](c2cccnc2)c2ccccc2Cl)cc1. The van der Waals surface area contributed by atoms with Crippen LogP contribution in [0.4, 0.5) is 0 Å². The highest BCUT2D eigenvalue weighted by Gasteiger charge is 2.19. The molecule has 0 spiro atoms. The maximum atomic E-state index is 6.40. The molecule has 104 valence electrons. The fourth-order valence-corrected chi connectivity index (χ4v) is 2.83. The number of halogens is 2. The molecule has 0 saturated heterocycles. The molecule has 3 aromatic rings. The van der Waals surface area contributed by atoms with E-state index < -0.39 is 0 Å².